The first kappa shape index (κ1) is 12.5. The van der Waals surface area contributed by atoms with Crippen molar-refractivity contribution in [1.29, 1.82) is 0 Å². The number of para-hydroxylation sites is 1. The molecule has 3 unspecified atom stereocenters. The number of nitrogens with one attached hydrogen (secondary N) is 2. The zero-order valence-electron chi connectivity index (χ0n) is 12.3. The quantitative estimate of drug-likeness (QED) is 0.834. The fraction of sp³-hybridized carbons (Fsp3) is 0.556. The van der Waals surface area contributed by atoms with Gasteiger partial charge in [0, 0.05) is 28.7 Å². The summed E-state index contributed by atoms with van der Waals surface area (Å²) in [5.41, 5.74) is 4.34. The fourth-order valence-corrected chi connectivity index (χ4v) is 4.23. The lowest BCUT2D eigenvalue weighted by atomic mass is 9.90. The van der Waals surface area contributed by atoms with Gasteiger partial charge in [-0.25, -0.2) is 0 Å². The van der Waals surface area contributed by atoms with E-state index in [4.69, 9.17) is 0 Å². The Morgan fingerprint density at radius 2 is 2.00 bits per heavy atom. The van der Waals surface area contributed by atoms with Crippen LogP contribution in [0.4, 0.5) is 0 Å². The average molecular weight is 268 g/mol. The van der Waals surface area contributed by atoms with Crippen LogP contribution in [0.1, 0.15) is 56.3 Å². The molecule has 2 aliphatic carbocycles. The number of fused-ring (bicyclic) bond motifs is 3. The highest BCUT2D eigenvalue weighted by molar-refractivity contribution is 5.85. The van der Waals surface area contributed by atoms with Crippen LogP contribution in [-0.4, -0.2) is 11.0 Å². The van der Waals surface area contributed by atoms with E-state index in [1.807, 2.05) is 0 Å². The molecule has 2 aromatic rings. The molecule has 0 aliphatic heterocycles. The van der Waals surface area contributed by atoms with E-state index in [1.165, 1.54) is 55.1 Å². The number of aromatic amines is 1. The van der Waals surface area contributed by atoms with Crippen molar-refractivity contribution in [3.05, 3.63) is 35.5 Å². The van der Waals surface area contributed by atoms with Gasteiger partial charge in [-0.15, -0.1) is 0 Å². The molecule has 2 nitrogen and oxygen atoms in total. The van der Waals surface area contributed by atoms with Gasteiger partial charge in [0.1, 0.15) is 0 Å². The van der Waals surface area contributed by atoms with E-state index >= 15 is 0 Å². The zero-order valence-corrected chi connectivity index (χ0v) is 12.3. The molecular formula is C18H24N2. The Balaban J connectivity index is 1.67. The van der Waals surface area contributed by atoms with Gasteiger partial charge in [0.15, 0.2) is 0 Å². The molecule has 2 aliphatic rings. The van der Waals surface area contributed by atoms with Crippen molar-refractivity contribution in [2.75, 3.05) is 0 Å². The number of H-pyrrole nitrogens is 1. The van der Waals surface area contributed by atoms with Gasteiger partial charge in [0.25, 0.3) is 0 Å². The van der Waals surface area contributed by atoms with Crippen LogP contribution >= 0.6 is 0 Å². The Hall–Kier alpha value is -1.28. The van der Waals surface area contributed by atoms with Gasteiger partial charge < -0.3 is 10.3 Å². The molecule has 0 bridgehead atoms. The van der Waals surface area contributed by atoms with Crippen LogP contribution in [0.2, 0.25) is 0 Å². The summed E-state index contributed by atoms with van der Waals surface area (Å²) in [7, 11) is 0. The van der Waals surface area contributed by atoms with Crippen LogP contribution in [0, 0.1) is 5.92 Å². The maximum absolute atomic E-state index is 3.95. The molecule has 2 N–H and O–H groups in total. The summed E-state index contributed by atoms with van der Waals surface area (Å²) in [6, 6.07) is 10.0. The van der Waals surface area contributed by atoms with Gasteiger partial charge in [0.2, 0.25) is 0 Å². The van der Waals surface area contributed by atoms with E-state index in [0.29, 0.717) is 6.04 Å². The Morgan fingerprint density at radius 3 is 2.85 bits per heavy atom. The molecule has 0 amide bonds. The summed E-state index contributed by atoms with van der Waals surface area (Å²) in [6.45, 7) is 2.40. The molecule has 0 saturated heterocycles. The number of aryl methyl sites for hydroxylation is 1. The number of rotatable bonds is 2. The van der Waals surface area contributed by atoms with E-state index in [-0.39, 0.29) is 0 Å². The van der Waals surface area contributed by atoms with E-state index in [2.05, 4.69) is 41.5 Å². The van der Waals surface area contributed by atoms with Gasteiger partial charge in [-0.2, -0.15) is 0 Å². The maximum Gasteiger partial charge on any atom is 0.0478 e. The monoisotopic (exact) mass is 268 g/mol. The molecule has 2 heteroatoms. The molecule has 1 saturated carbocycles. The van der Waals surface area contributed by atoms with Gasteiger partial charge in [-0.1, -0.05) is 31.5 Å². The topological polar surface area (TPSA) is 27.8 Å². The summed E-state index contributed by atoms with van der Waals surface area (Å²) in [4.78, 5) is 3.69. The van der Waals surface area contributed by atoms with E-state index < -0.39 is 0 Å². The zero-order chi connectivity index (χ0) is 13.5. The average Bonchev–Trinajstić information content (AvgIpc) is 3.04. The van der Waals surface area contributed by atoms with Crippen molar-refractivity contribution in [3.8, 4) is 0 Å². The summed E-state index contributed by atoms with van der Waals surface area (Å²) in [5, 5.41) is 5.39. The predicted octanol–water partition coefficient (Wildman–Crippen LogP) is 4.32. The SMILES string of the molecule is CC1CCCC1NC1CCCc2c1[nH]c1ccccc21. The van der Waals surface area contributed by atoms with Crippen LogP contribution in [0.3, 0.4) is 0 Å². The minimum absolute atomic E-state index is 0.539. The Bertz CT molecular complexity index is 613. The van der Waals surface area contributed by atoms with Crippen molar-refractivity contribution >= 4 is 10.9 Å². The molecule has 20 heavy (non-hydrogen) atoms. The lowest BCUT2D eigenvalue weighted by Crippen LogP contribution is -2.36. The highest BCUT2D eigenvalue weighted by Crippen LogP contribution is 2.36. The molecule has 4 rings (SSSR count). The third kappa shape index (κ3) is 1.98. The second-order valence-electron chi connectivity index (χ2n) is 6.69. The van der Waals surface area contributed by atoms with Crippen LogP contribution in [-0.2, 0) is 6.42 Å². The first-order valence-electron chi connectivity index (χ1n) is 8.18. The first-order valence-corrected chi connectivity index (χ1v) is 8.18. The number of hydrogen-bond acceptors (Lipinski definition) is 1. The highest BCUT2D eigenvalue weighted by Gasteiger charge is 2.29. The molecule has 1 fully saturated rings. The molecule has 1 aromatic carbocycles. The normalized spacial score (nSPS) is 29.8. The Labute approximate surface area is 121 Å². The Kier molecular flexibility index (Phi) is 3.07. The molecule has 0 spiro atoms. The molecule has 1 heterocycles. The van der Waals surface area contributed by atoms with Crippen LogP contribution in [0.15, 0.2) is 24.3 Å². The van der Waals surface area contributed by atoms with Crippen molar-refractivity contribution in [2.24, 2.45) is 5.92 Å². The molecular weight excluding hydrogens is 244 g/mol. The summed E-state index contributed by atoms with van der Waals surface area (Å²) < 4.78 is 0. The van der Waals surface area contributed by atoms with Crippen LogP contribution < -0.4 is 5.32 Å². The Morgan fingerprint density at radius 1 is 1.10 bits per heavy atom. The molecule has 106 valence electrons. The standard InChI is InChI=1S/C18H24N2/c1-12-6-4-10-15(12)19-17-11-5-8-14-13-7-2-3-9-16(13)20-18(14)17/h2-3,7,9,12,15,17,19-20H,4-6,8,10-11H2,1H3. The van der Waals surface area contributed by atoms with E-state index in [9.17, 15) is 0 Å². The maximum atomic E-state index is 3.95. The molecule has 3 atom stereocenters. The van der Waals surface area contributed by atoms with E-state index in [1.54, 1.807) is 5.56 Å². The summed E-state index contributed by atoms with van der Waals surface area (Å²) >= 11 is 0. The van der Waals surface area contributed by atoms with Gasteiger partial charge >= 0.3 is 0 Å². The van der Waals surface area contributed by atoms with Crippen molar-refractivity contribution < 1.29 is 0 Å². The minimum atomic E-state index is 0.539. The first-order chi connectivity index (χ1) is 9.83. The minimum Gasteiger partial charge on any atom is -0.357 e. The van der Waals surface area contributed by atoms with Gasteiger partial charge in [-0.05, 0) is 49.7 Å². The van der Waals surface area contributed by atoms with Crippen molar-refractivity contribution in [1.82, 2.24) is 10.3 Å². The van der Waals surface area contributed by atoms with E-state index in [0.717, 1.165) is 12.0 Å². The summed E-state index contributed by atoms with van der Waals surface area (Å²) in [5.74, 6) is 0.838. The second kappa shape index (κ2) is 4.92. The predicted molar refractivity (Wildman–Crippen MR) is 83.9 cm³/mol. The number of aromatic nitrogens is 1. The lowest BCUT2D eigenvalue weighted by molar-refractivity contribution is 0.346. The van der Waals surface area contributed by atoms with Crippen LogP contribution in [0.25, 0.3) is 10.9 Å². The highest BCUT2D eigenvalue weighted by atomic mass is 15.0. The number of hydrogen-bond donors (Lipinski definition) is 2. The second-order valence-corrected chi connectivity index (χ2v) is 6.69. The number of benzene rings is 1. The van der Waals surface area contributed by atoms with Crippen molar-refractivity contribution in [3.63, 3.8) is 0 Å². The third-order valence-electron chi connectivity index (χ3n) is 5.39. The van der Waals surface area contributed by atoms with Gasteiger partial charge in [0.05, 0.1) is 0 Å². The molecule has 1 aromatic heterocycles. The summed E-state index contributed by atoms with van der Waals surface area (Å²) in [6.07, 6.45) is 7.97. The largest absolute Gasteiger partial charge is 0.357 e. The third-order valence-corrected chi connectivity index (χ3v) is 5.39. The van der Waals surface area contributed by atoms with Crippen LogP contribution in [0.5, 0.6) is 0 Å². The molecule has 0 radical (unpaired) electrons. The van der Waals surface area contributed by atoms with Gasteiger partial charge in [-0.3, -0.25) is 0 Å². The van der Waals surface area contributed by atoms with Crippen molar-refractivity contribution in [2.45, 2.75) is 57.5 Å². The fourth-order valence-electron chi connectivity index (χ4n) is 4.23. The smallest absolute Gasteiger partial charge is 0.0478 e. The lowest BCUT2D eigenvalue weighted by Gasteiger charge is -2.29.